The first kappa shape index (κ1) is 19.6. The number of likely N-dealkylation sites (N-methyl/N-ethyl adjacent to an activating group) is 1. The van der Waals surface area contributed by atoms with E-state index in [1.165, 1.54) is 11.4 Å². The number of nitrogens with one attached hydrogen (secondary N) is 1. The van der Waals surface area contributed by atoms with E-state index >= 15 is 0 Å². The van der Waals surface area contributed by atoms with Crippen molar-refractivity contribution in [2.45, 2.75) is 19.0 Å². The van der Waals surface area contributed by atoms with E-state index in [0.29, 0.717) is 0 Å². The molecular formula is C23H27N5S. The molecule has 0 amide bonds. The third-order valence-corrected chi connectivity index (χ3v) is 5.76. The van der Waals surface area contributed by atoms with Crippen molar-refractivity contribution in [2.75, 3.05) is 27.2 Å². The smallest absolute Gasteiger partial charge is 0.170 e. The zero-order valence-corrected chi connectivity index (χ0v) is 17.9. The van der Waals surface area contributed by atoms with Crippen molar-refractivity contribution in [3.8, 4) is 5.69 Å². The van der Waals surface area contributed by atoms with Crippen LogP contribution in [0.1, 0.15) is 29.2 Å². The van der Waals surface area contributed by atoms with Gasteiger partial charge in [-0.05, 0) is 69.6 Å². The van der Waals surface area contributed by atoms with Crippen LogP contribution in [-0.4, -0.2) is 51.6 Å². The highest BCUT2D eigenvalue weighted by Gasteiger charge is 2.41. The van der Waals surface area contributed by atoms with Gasteiger partial charge in [0.2, 0.25) is 0 Å². The summed E-state index contributed by atoms with van der Waals surface area (Å²) in [5.74, 6) is 0. The number of aryl methyl sites for hydroxylation is 1. The Labute approximate surface area is 178 Å². The molecule has 1 aliphatic heterocycles. The summed E-state index contributed by atoms with van der Waals surface area (Å²) in [7, 11) is 4.18. The van der Waals surface area contributed by atoms with Gasteiger partial charge in [-0.25, -0.2) is 0 Å². The first-order valence-electron chi connectivity index (χ1n) is 9.92. The Morgan fingerprint density at radius 2 is 1.79 bits per heavy atom. The predicted molar refractivity (Wildman–Crippen MR) is 121 cm³/mol. The monoisotopic (exact) mass is 405 g/mol. The van der Waals surface area contributed by atoms with Crippen molar-refractivity contribution in [1.82, 2.24) is 24.7 Å². The summed E-state index contributed by atoms with van der Waals surface area (Å²) in [6.07, 6.45) is 1.85. The SMILES string of the molecule is Cc1ccc([C@H]2[C@@H](c3ccccn3)NC(=S)N2CCN(C)C)n1-c1ccccc1. The fraction of sp³-hybridized carbons (Fsp3) is 0.304. The summed E-state index contributed by atoms with van der Waals surface area (Å²) < 4.78 is 2.33. The minimum Gasteiger partial charge on any atom is -0.352 e. The zero-order valence-electron chi connectivity index (χ0n) is 17.1. The fourth-order valence-electron chi connectivity index (χ4n) is 3.99. The van der Waals surface area contributed by atoms with E-state index in [1.807, 2.05) is 24.4 Å². The van der Waals surface area contributed by atoms with Crippen molar-refractivity contribution in [3.63, 3.8) is 0 Å². The molecule has 1 aliphatic rings. The van der Waals surface area contributed by atoms with Crippen molar-refractivity contribution < 1.29 is 0 Å². The molecule has 0 bridgehead atoms. The molecule has 6 heteroatoms. The lowest BCUT2D eigenvalue weighted by molar-refractivity contribution is 0.272. The Morgan fingerprint density at radius 3 is 2.48 bits per heavy atom. The van der Waals surface area contributed by atoms with Crippen LogP contribution >= 0.6 is 12.2 Å². The number of benzene rings is 1. The molecule has 1 aromatic carbocycles. The second kappa shape index (κ2) is 8.35. The molecule has 0 radical (unpaired) electrons. The summed E-state index contributed by atoms with van der Waals surface area (Å²) in [4.78, 5) is 9.14. The molecule has 1 N–H and O–H groups in total. The van der Waals surface area contributed by atoms with Crippen LogP contribution < -0.4 is 5.32 Å². The van der Waals surface area contributed by atoms with Crippen LogP contribution in [0.2, 0.25) is 0 Å². The first-order valence-corrected chi connectivity index (χ1v) is 10.3. The number of pyridine rings is 1. The van der Waals surface area contributed by atoms with Crippen LogP contribution in [-0.2, 0) is 0 Å². The standard InChI is InChI=1S/C23H27N5S/c1-17-12-13-20(28(17)18-9-5-4-6-10-18)22-21(19-11-7-8-14-24-19)25-23(29)27(22)16-15-26(2)3/h4-14,21-22H,15-16H2,1-3H3,(H,25,29)/t21-,22+/m1/s1. The minimum absolute atomic E-state index is 0.00243. The molecule has 0 saturated carbocycles. The Hall–Kier alpha value is -2.70. The maximum atomic E-state index is 5.77. The maximum Gasteiger partial charge on any atom is 0.170 e. The van der Waals surface area contributed by atoms with Crippen molar-refractivity contribution >= 4 is 17.3 Å². The Bertz CT molecular complexity index is 967. The third-order valence-electron chi connectivity index (χ3n) is 5.41. The molecule has 0 unspecified atom stereocenters. The number of para-hydroxylation sites is 1. The summed E-state index contributed by atoms with van der Waals surface area (Å²) in [5.41, 5.74) is 4.59. The molecule has 2 aromatic heterocycles. The zero-order chi connectivity index (χ0) is 20.4. The van der Waals surface area contributed by atoms with E-state index in [9.17, 15) is 0 Å². The second-order valence-electron chi connectivity index (χ2n) is 7.69. The van der Waals surface area contributed by atoms with Crippen LogP contribution in [0.3, 0.4) is 0 Å². The van der Waals surface area contributed by atoms with E-state index in [-0.39, 0.29) is 12.1 Å². The highest BCUT2D eigenvalue weighted by molar-refractivity contribution is 7.80. The molecule has 0 aliphatic carbocycles. The lowest BCUT2D eigenvalue weighted by Gasteiger charge is -2.30. The highest BCUT2D eigenvalue weighted by atomic mass is 32.1. The molecule has 3 aromatic rings. The molecule has 1 saturated heterocycles. The average Bonchev–Trinajstić information content (AvgIpc) is 3.27. The topological polar surface area (TPSA) is 36.3 Å². The van der Waals surface area contributed by atoms with Gasteiger partial charge in [0, 0.05) is 36.4 Å². The third kappa shape index (κ3) is 3.91. The Morgan fingerprint density at radius 1 is 1.03 bits per heavy atom. The van der Waals surface area contributed by atoms with Crippen molar-refractivity contribution in [3.05, 3.63) is 83.9 Å². The molecule has 5 nitrogen and oxygen atoms in total. The maximum absolute atomic E-state index is 5.77. The Balaban J connectivity index is 1.81. The number of aromatic nitrogens is 2. The summed E-state index contributed by atoms with van der Waals surface area (Å²) in [6, 6.07) is 21.0. The molecular weight excluding hydrogens is 378 g/mol. The van der Waals surface area contributed by atoms with Gasteiger partial charge in [0.05, 0.1) is 17.8 Å². The molecule has 3 heterocycles. The van der Waals surface area contributed by atoms with Gasteiger partial charge in [-0.3, -0.25) is 4.98 Å². The number of nitrogens with zero attached hydrogens (tertiary/aromatic N) is 4. The molecule has 1 fully saturated rings. The molecule has 4 rings (SSSR count). The summed E-state index contributed by atoms with van der Waals surface area (Å²) in [6.45, 7) is 3.93. The molecule has 0 spiro atoms. The second-order valence-corrected chi connectivity index (χ2v) is 8.08. The number of rotatable bonds is 6. The van der Waals surface area contributed by atoms with E-state index in [2.05, 4.69) is 88.2 Å². The lowest BCUT2D eigenvalue weighted by atomic mass is 10.0. The van der Waals surface area contributed by atoms with Crippen LogP contribution in [0.5, 0.6) is 0 Å². The van der Waals surface area contributed by atoms with Gasteiger partial charge in [-0.1, -0.05) is 24.3 Å². The predicted octanol–water partition coefficient (Wildman–Crippen LogP) is 3.71. The van der Waals surface area contributed by atoms with Crippen molar-refractivity contribution in [2.24, 2.45) is 0 Å². The Kier molecular flexibility index (Phi) is 5.65. The van der Waals surface area contributed by atoms with E-state index in [1.54, 1.807) is 0 Å². The lowest BCUT2D eigenvalue weighted by Crippen LogP contribution is -2.36. The van der Waals surface area contributed by atoms with Crippen molar-refractivity contribution in [1.29, 1.82) is 0 Å². The number of hydrogen-bond donors (Lipinski definition) is 1. The number of thiocarbonyl (C=S) groups is 1. The van der Waals surface area contributed by atoms with Crippen LogP contribution in [0.25, 0.3) is 5.69 Å². The van der Waals surface area contributed by atoms with E-state index < -0.39 is 0 Å². The van der Waals surface area contributed by atoms with Crippen LogP contribution in [0.15, 0.2) is 66.9 Å². The minimum atomic E-state index is 0.00243. The quantitative estimate of drug-likeness (QED) is 0.633. The average molecular weight is 406 g/mol. The van der Waals surface area contributed by atoms with E-state index in [0.717, 1.165) is 29.6 Å². The van der Waals surface area contributed by atoms with E-state index in [4.69, 9.17) is 12.2 Å². The first-order chi connectivity index (χ1) is 14.1. The van der Waals surface area contributed by atoms with Crippen LogP contribution in [0.4, 0.5) is 0 Å². The van der Waals surface area contributed by atoms with Gasteiger partial charge in [0.1, 0.15) is 0 Å². The largest absolute Gasteiger partial charge is 0.352 e. The van der Waals surface area contributed by atoms with Crippen LogP contribution in [0, 0.1) is 6.92 Å². The highest BCUT2D eigenvalue weighted by Crippen LogP contribution is 2.40. The summed E-state index contributed by atoms with van der Waals surface area (Å²) >= 11 is 5.77. The normalized spacial score (nSPS) is 19.0. The number of hydrogen-bond acceptors (Lipinski definition) is 3. The van der Waals surface area contributed by atoms with Gasteiger partial charge < -0.3 is 19.7 Å². The molecule has 29 heavy (non-hydrogen) atoms. The van der Waals surface area contributed by atoms with Gasteiger partial charge >= 0.3 is 0 Å². The molecule has 150 valence electrons. The van der Waals surface area contributed by atoms with Gasteiger partial charge in [0.15, 0.2) is 5.11 Å². The molecule has 2 atom stereocenters. The summed E-state index contributed by atoms with van der Waals surface area (Å²) in [5, 5.41) is 4.33. The fourth-order valence-corrected chi connectivity index (χ4v) is 4.33. The van der Waals surface area contributed by atoms with Gasteiger partial charge in [-0.15, -0.1) is 0 Å². The van der Waals surface area contributed by atoms with Gasteiger partial charge in [-0.2, -0.15) is 0 Å². The van der Waals surface area contributed by atoms with Gasteiger partial charge in [0.25, 0.3) is 0 Å².